The Kier molecular flexibility index (Phi) is 5.84. The van der Waals surface area contributed by atoms with Crippen LogP contribution in [0.25, 0.3) is 16.7 Å². The Morgan fingerprint density at radius 1 is 1.23 bits per heavy atom. The van der Waals surface area contributed by atoms with Crippen LogP contribution in [0.4, 0.5) is 10.4 Å². The lowest BCUT2D eigenvalue weighted by Crippen LogP contribution is -2.38. The Bertz CT molecular complexity index is 1480. The second kappa shape index (κ2) is 8.85. The number of ether oxygens (including phenoxy) is 1. The standard InChI is InChI=1S/C21H23FN8O4S/c1-12(2)18-27-21(34-28-18)29-7-5-13(6-8-29)33-20-15-10-26-30(19(15)24-11-25-20)17-4-3-14(9-16(17)22)35(23,31)32/h3-4,9-13H,5-8H2,1-2H3,(H2,23,31,32). The van der Waals surface area contributed by atoms with E-state index in [-0.39, 0.29) is 22.6 Å². The summed E-state index contributed by atoms with van der Waals surface area (Å²) in [5, 5.41) is 13.8. The van der Waals surface area contributed by atoms with Gasteiger partial charge in [-0.25, -0.2) is 32.6 Å². The highest BCUT2D eigenvalue weighted by atomic mass is 32.2. The first-order chi connectivity index (χ1) is 16.7. The van der Waals surface area contributed by atoms with Crippen molar-refractivity contribution in [1.29, 1.82) is 0 Å². The van der Waals surface area contributed by atoms with Crippen LogP contribution in [0.5, 0.6) is 5.88 Å². The molecule has 0 spiro atoms. The van der Waals surface area contributed by atoms with Crippen molar-refractivity contribution in [2.24, 2.45) is 5.14 Å². The lowest BCUT2D eigenvalue weighted by atomic mass is 10.1. The zero-order valence-corrected chi connectivity index (χ0v) is 19.8. The molecule has 1 fully saturated rings. The van der Waals surface area contributed by atoms with E-state index >= 15 is 0 Å². The molecular weight excluding hydrogens is 479 g/mol. The van der Waals surface area contributed by atoms with Gasteiger partial charge in [-0.15, -0.1) is 0 Å². The number of primary sulfonamides is 1. The number of nitrogens with zero attached hydrogens (tertiary/aromatic N) is 7. The summed E-state index contributed by atoms with van der Waals surface area (Å²) >= 11 is 0. The topological polar surface area (TPSA) is 155 Å². The predicted molar refractivity (Wildman–Crippen MR) is 122 cm³/mol. The summed E-state index contributed by atoms with van der Waals surface area (Å²) in [7, 11) is -4.03. The molecule has 0 amide bonds. The summed E-state index contributed by atoms with van der Waals surface area (Å²) in [6.45, 7) is 5.37. The number of benzene rings is 1. The quantitative estimate of drug-likeness (QED) is 0.414. The van der Waals surface area contributed by atoms with E-state index in [4.69, 9.17) is 14.4 Å². The molecule has 0 saturated carbocycles. The summed E-state index contributed by atoms with van der Waals surface area (Å²) in [5.74, 6) is 0.391. The van der Waals surface area contributed by atoms with Gasteiger partial charge in [0, 0.05) is 31.8 Å². The highest BCUT2D eigenvalue weighted by Gasteiger charge is 2.26. The van der Waals surface area contributed by atoms with Gasteiger partial charge in [-0.05, 0) is 18.2 Å². The van der Waals surface area contributed by atoms with Crippen LogP contribution in [0, 0.1) is 5.82 Å². The molecule has 1 saturated heterocycles. The molecule has 184 valence electrons. The fourth-order valence-electron chi connectivity index (χ4n) is 3.84. The maximum Gasteiger partial charge on any atom is 0.324 e. The highest BCUT2D eigenvalue weighted by molar-refractivity contribution is 7.89. The molecule has 14 heteroatoms. The molecule has 0 unspecified atom stereocenters. The normalized spacial score (nSPS) is 15.3. The number of hydrogen-bond donors (Lipinski definition) is 1. The van der Waals surface area contributed by atoms with Gasteiger partial charge in [0.15, 0.2) is 11.5 Å². The largest absolute Gasteiger partial charge is 0.474 e. The third-order valence-corrected chi connectivity index (χ3v) is 6.65. The second-order valence-electron chi connectivity index (χ2n) is 8.52. The van der Waals surface area contributed by atoms with Gasteiger partial charge in [-0.2, -0.15) is 10.1 Å². The van der Waals surface area contributed by atoms with Crippen LogP contribution in [0.3, 0.4) is 0 Å². The number of aromatic nitrogens is 6. The van der Waals surface area contributed by atoms with Gasteiger partial charge in [0.1, 0.15) is 29.3 Å². The van der Waals surface area contributed by atoms with Crippen LogP contribution in [0.1, 0.15) is 38.4 Å². The van der Waals surface area contributed by atoms with Crippen LogP contribution in [0.2, 0.25) is 0 Å². The molecule has 4 aromatic rings. The van der Waals surface area contributed by atoms with Gasteiger partial charge in [-0.3, -0.25) is 0 Å². The number of hydrogen-bond acceptors (Lipinski definition) is 10. The molecule has 4 heterocycles. The van der Waals surface area contributed by atoms with E-state index in [9.17, 15) is 12.8 Å². The molecule has 1 aliphatic heterocycles. The molecule has 1 aromatic carbocycles. The Morgan fingerprint density at radius 2 is 2.00 bits per heavy atom. The smallest absolute Gasteiger partial charge is 0.324 e. The number of rotatable bonds is 6. The molecule has 0 aliphatic carbocycles. The van der Waals surface area contributed by atoms with Crippen LogP contribution >= 0.6 is 0 Å². The van der Waals surface area contributed by atoms with Crippen LogP contribution < -0.4 is 14.8 Å². The molecule has 5 rings (SSSR count). The minimum absolute atomic E-state index is 0.0192. The number of anilines is 1. The molecular formula is C21H23FN8O4S. The summed E-state index contributed by atoms with van der Waals surface area (Å²) in [6, 6.07) is 3.84. The van der Waals surface area contributed by atoms with E-state index in [0.717, 1.165) is 6.07 Å². The van der Waals surface area contributed by atoms with Gasteiger partial charge >= 0.3 is 6.01 Å². The summed E-state index contributed by atoms with van der Waals surface area (Å²) < 4.78 is 50.5. The fraction of sp³-hybridized carbons (Fsp3) is 0.381. The Balaban J connectivity index is 1.33. The molecule has 2 N–H and O–H groups in total. The number of halogens is 1. The maximum absolute atomic E-state index is 14.7. The molecule has 1 aliphatic rings. The Morgan fingerprint density at radius 3 is 2.66 bits per heavy atom. The minimum Gasteiger partial charge on any atom is -0.474 e. The average Bonchev–Trinajstić information content (AvgIpc) is 3.47. The number of sulfonamides is 1. The van der Waals surface area contributed by atoms with E-state index in [2.05, 4.69) is 25.2 Å². The first-order valence-electron chi connectivity index (χ1n) is 11.0. The molecule has 0 atom stereocenters. The zero-order valence-electron chi connectivity index (χ0n) is 19.0. The van der Waals surface area contributed by atoms with Crippen molar-refractivity contribution in [2.45, 2.75) is 43.6 Å². The monoisotopic (exact) mass is 502 g/mol. The minimum atomic E-state index is -4.03. The average molecular weight is 503 g/mol. The van der Waals surface area contributed by atoms with E-state index in [1.54, 1.807) is 0 Å². The van der Waals surface area contributed by atoms with Gasteiger partial charge in [0.2, 0.25) is 15.9 Å². The van der Waals surface area contributed by atoms with Gasteiger partial charge in [0.25, 0.3) is 0 Å². The molecule has 3 aromatic heterocycles. The molecule has 0 radical (unpaired) electrons. The van der Waals surface area contributed by atoms with Crippen LogP contribution in [-0.4, -0.2) is 57.5 Å². The van der Waals surface area contributed by atoms with Crippen molar-refractivity contribution in [3.63, 3.8) is 0 Å². The van der Waals surface area contributed by atoms with Gasteiger partial charge < -0.3 is 14.2 Å². The van der Waals surface area contributed by atoms with Crippen molar-refractivity contribution in [1.82, 2.24) is 29.9 Å². The van der Waals surface area contributed by atoms with Crippen molar-refractivity contribution >= 4 is 27.1 Å². The lowest BCUT2D eigenvalue weighted by Gasteiger charge is -2.30. The van der Waals surface area contributed by atoms with Crippen molar-refractivity contribution in [2.75, 3.05) is 18.0 Å². The number of fused-ring (bicyclic) bond motifs is 1. The summed E-state index contributed by atoms with van der Waals surface area (Å²) in [6.07, 6.45) is 4.11. The van der Waals surface area contributed by atoms with E-state index in [1.807, 2.05) is 18.7 Å². The van der Waals surface area contributed by atoms with Crippen molar-refractivity contribution in [3.05, 3.63) is 42.4 Å². The zero-order chi connectivity index (χ0) is 24.7. The van der Waals surface area contributed by atoms with Crippen LogP contribution in [-0.2, 0) is 10.0 Å². The number of nitrogens with two attached hydrogens (primary N) is 1. The third kappa shape index (κ3) is 4.53. The molecule has 0 bridgehead atoms. The molecule has 35 heavy (non-hydrogen) atoms. The summed E-state index contributed by atoms with van der Waals surface area (Å²) in [4.78, 5) is 14.6. The van der Waals surface area contributed by atoms with Crippen molar-refractivity contribution < 1.29 is 22.1 Å². The van der Waals surface area contributed by atoms with Gasteiger partial charge in [-0.1, -0.05) is 19.0 Å². The van der Waals surface area contributed by atoms with E-state index in [0.29, 0.717) is 54.7 Å². The second-order valence-corrected chi connectivity index (χ2v) is 10.1. The van der Waals surface area contributed by atoms with E-state index < -0.39 is 15.8 Å². The maximum atomic E-state index is 14.7. The SMILES string of the molecule is CC(C)c1noc(N2CCC(Oc3ncnc4c3cnn4-c3ccc(S(N)(=O)=O)cc3F)CC2)n1. The summed E-state index contributed by atoms with van der Waals surface area (Å²) in [5.41, 5.74) is 0.340. The molecule has 12 nitrogen and oxygen atoms in total. The lowest BCUT2D eigenvalue weighted by molar-refractivity contribution is 0.164. The van der Waals surface area contributed by atoms with Crippen molar-refractivity contribution in [3.8, 4) is 11.6 Å². The predicted octanol–water partition coefficient (Wildman–Crippen LogP) is 2.16. The first-order valence-corrected chi connectivity index (χ1v) is 12.5. The first kappa shape index (κ1) is 23.1. The number of piperidine rings is 1. The van der Waals surface area contributed by atoms with Crippen LogP contribution in [0.15, 0.2) is 40.1 Å². The Hall–Kier alpha value is -3.65. The van der Waals surface area contributed by atoms with Gasteiger partial charge in [0.05, 0.1) is 11.1 Å². The van der Waals surface area contributed by atoms with E-state index in [1.165, 1.54) is 29.3 Å². The highest BCUT2D eigenvalue weighted by Crippen LogP contribution is 2.28. The Labute approximate surface area is 200 Å². The third-order valence-electron chi connectivity index (χ3n) is 5.74. The fourth-order valence-corrected chi connectivity index (χ4v) is 4.37.